The predicted octanol–water partition coefficient (Wildman–Crippen LogP) is -1.19. The van der Waals surface area contributed by atoms with E-state index in [9.17, 15) is 28.8 Å². The molecule has 0 bridgehead atoms. The number of hydrogen-bond acceptors (Lipinski definition) is 19. The van der Waals surface area contributed by atoms with Crippen LogP contribution in [0.1, 0.15) is 98.7 Å². The molecule has 1 aromatic carbocycles. The molecule has 2 rings (SSSR count). The Morgan fingerprint density at radius 1 is 0.672 bits per heavy atom. The second-order valence-corrected chi connectivity index (χ2v) is 15.7. The van der Waals surface area contributed by atoms with E-state index in [1.807, 2.05) is 13.8 Å². The standard InChI is InChI=1S/C42H72N12O10/c1-25-20-31-33(21-26(25)2)54(37(32(23-55)52-31)53-42(60)51-3)22-34(62-39(57)28(48)13-5-9-17-44)36(64-41(59)30(50)15-7-11-19-46)35(63-40(58)29(49)14-6-10-18-45)24-61-38(56)27(47)12-4-8-16-43/h20-21,23,27-30,34-36H,4-19,22,24,43-50H2,1-3H3,(H,51,60)/b53-37+. The van der Waals surface area contributed by atoms with Crippen LogP contribution < -0.4 is 56.7 Å². The Balaban J connectivity index is 3.04. The van der Waals surface area contributed by atoms with Crippen LogP contribution in [0, 0.1) is 13.8 Å². The van der Waals surface area contributed by atoms with Gasteiger partial charge in [-0.25, -0.2) is 9.78 Å². The first-order valence-electron chi connectivity index (χ1n) is 21.9. The molecule has 64 heavy (non-hydrogen) atoms. The summed E-state index contributed by atoms with van der Waals surface area (Å²) in [6.45, 7) is 3.71. The first kappa shape index (κ1) is 55.2. The van der Waals surface area contributed by atoms with Crippen molar-refractivity contribution in [2.45, 2.75) is 140 Å². The SMILES string of the molecule is CNC(=O)/N=c1\c(C=O)nc2cc(C)c(C)cc2n1CC(OC(=O)C(N)CCCCN)C(OC(=O)C(N)CCCCN)C(COC(=O)C(N)CCCCN)OC(=O)C(N)CCCCN. The molecule has 0 saturated carbocycles. The topological polar surface area (TPSA) is 390 Å². The second kappa shape index (κ2) is 29.5. The molecule has 2 aromatic rings. The molecular weight excluding hydrogens is 833 g/mol. The van der Waals surface area contributed by atoms with Gasteiger partial charge in [-0.3, -0.25) is 24.0 Å². The lowest BCUT2D eigenvalue weighted by Crippen LogP contribution is -2.54. The van der Waals surface area contributed by atoms with Crippen molar-refractivity contribution in [3.8, 4) is 0 Å². The Morgan fingerprint density at radius 2 is 1.11 bits per heavy atom. The van der Waals surface area contributed by atoms with Crippen LogP contribution in [0.4, 0.5) is 4.79 Å². The van der Waals surface area contributed by atoms with Crippen molar-refractivity contribution >= 4 is 47.2 Å². The van der Waals surface area contributed by atoms with Gasteiger partial charge >= 0.3 is 29.9 Å². The third-order valence-electron chi connectivity index (χ3n) is 10.5. The number of ether oxygens (including phenoxy) is 4. The highest BCUT2D eigenvalue weighted by Gasteiger charge is 2.42. The number of hydrogen-bond donors (Lipinski definition) is 9. The number of benzene rings is 1. The van der Waals surface area contributed by atoms with Gasteiger partial charge in [-0.1, -0.05) is 25.7 Å². The number of nitrogens with zero attached hydrogens (tertiary/aromatic N) is 3. The smallest absolute Gasteiger partial charge is 0.342 e. The molecule has 7 unspecified atom stereocenters. The van der Waals surface area contributed by atoms with Gasteiger partial charge in [-0.2, -0.15) is 4.99 Å². The number of nitrogens with two attached hydrogens (primary N) is 8. The lowest BCUT2D eigenvalue weighted by atomic mass is 10.0. The molecule has 1 heterocycles. The van der Waals surface area contributed by atoms with Crippen molar-refractivity contribution in [3.05, 3.63) is 34.4 Å². The van der Waals surface area contributed by atoms with Gasteiger partial charge < -0.3 is 74.7 Å². The Kier molecular flexibility index (Phi) is 25.4. The minimum Gasteiger partial charge on any atom is -0.460 e. The molecular formula is C42H72N12O10. The number of carbonyl (C=O) groups is 6. The maximum atomic E-state index is 14.0. The van der Waals surface area contributed by atoms with E-state index in [0.29, 0.717) is 89.3 Å². The minimum atomic E-state index is -1.84. The van der Waals surface area contributed by atoms with Crippen molar-refractivity contribution in [3.63, 3.8) is 0 Å². The minimum absolute atomic E-state index is 0.128. The lowest BCUT2D eigenvalue weighted by Gasteiger charge is -2.34. The number of urea groups is 1. The summed E-state index contributed by atoms with van der Waals surface area (Å²) >= 11 is 0. The van der Waals surface area contributed by atoms with E-state index in [0.717, 1.165) is 11.1 Å². The molecule has 0 fully saturated rings. The van der Waals surface area contributed by atoms with E-state index in [1.54, 1.807) is 12.1 Å². The number of aromatic nitrogens is 2. The molecule has 0 radical (unpaired) electrons. The van der Waals surface area contributed by atoms with Crippen LogP contribution in [0.2, 0.25) is 0 Å². The van der Waals surface area contributed by atoms with Gasteiger partial charge in [0.05, 0.1) is 17.6 Å². The van der Waals surface area contributed by atoms with Gasteiger partial charge in [0.15, 0.2) is 30.1 Å². The van der Waals surface area contributed by atoms with E-state index in [1.165, 1.54) is 11.6 Å². The summed E-state index contributed by atoms with van der Waals surface area (Å²) < 4.78 is 25.3. The zero-order chi connectivity index (χ0) is 47.8. The van der Waals surface area contributed by atoms with E-state index in [-0.39, 0.29) is 42.4 Å². The summed E-state index contributed by atoms with van der Waals surface area (Å²) in [5, 5.41) is 2.38. The van der Waals surface area contributed by atoms with Crippen LogP contribution in [0.15, 0.2) is 17.1 Å². The van der Waals surface area contributed by atoms with Crippen LogP contribution >= 0.6 is 0 Å². The number of fused-ring (bicyclic) bond motifs is 1. The van der Waals surface area contributed by atoms with Gasteiger partial charge in [0.2, 0.25) is 0 Å². The highest BCUT2D eigenvalue weighted by Crippen LogP contribution is 2.23. The molecule has 2 amide bonds. The Hall–Kier alpha value is -4.94. The van der Waals surface area contributed by atoms with Gasteiger partial charge in [-0.05, 0) is 115 Å². The van der Waals surface area contributed by atoms with Gasteiger partial charge in [0.25, 0.3) is 0 Å². The molecule has 7 atom stereocenters. The number of unbranched alkanes of at least 4 members (excludes halogenated alkanes) is 4. The summed E-state index contributed by atoms with van der Waals surface area (Å²) in [5.41, 5.74) is 49.4. The molecule has 0 aliphatic rings. The van der Waals surface area contributed by atoms with Crippen LogP contribution in [0.5, 0.6) is 0 Å². The Bertz CT molecular complexity index is 1900. The van der Waals surface area contributed by atoms with Crippen molar-refractivity contribution < 1.29 is 47.7 Å². The molecule has 0 spiro atoms. The summed E-state index contributed by atoms with van der Waals surface area (Å²) in [7, 11) is 1.33. The number of aldehydes is 1. The Morgan fingerprint density at radius 3 is 1.56 bits per heavy atom. The number of nitrogens with one attached hydrogen (secondary N) is 1. The van der Waals surface area contributed by atoms with Crippen LogP contribution in [0.25, 0.3) is 11.0 Å². The fourth-order valence-electron chi connectivity index (χ4n) is 6.50. The van der Waals surface area contributed by atoms with Gasteiger partial charge in [-0.15, -0.1) is 0 Å². The quantitative estimate of drug-likeness (QED) is 0.0193. The first-order valence-corrected chi connectivity index (χ1v) is 21.9. The van der Waals surface area contributed by atoms with Crippen molar-refractivity contribution in [1.82, 2.24) is 14.9 Å². The molecule has 0 saturated heterocycles. The first-order chi connectivity index (χ1) is 30.6. The average molecular weight is 905 g/mol. The van der Waals surface area contributed by atoms with E-state index >= 15 is 0 Å². The largest absolute Gasteiger partial charge is 0.460 e. The molecule has 22 nitrogen and oxygen atoms in total. The van der Waals surface area contributed by atoms with Crippen LogP contribution in [0.3, 0.4) is 0 Å². The zero-order valence-corrected chi connectivity index (χ0v) is 37.5. The number of rotatable bonds is 30. The number of carbonyl (C=O) groups excluding carboxylic acids is 6. The maximum absolute atomic E-state index is 14.0. The fourth-order valence-corrected chi connectivity index (χ4v) is 6.50. The number of esters is 4. The highest BCUT2D eigenvalue weighted by molar-refractivity contribution is 5.83. The van der Waals surface area contributed by atoms with Crippen molar-refractivity contribution in [2.24, 2.45) is 50.9 Å². The predicted molar refractivity (Wildman–Crippen MR) is 239 cm³/mol. The zero-order valence-electron chi connectivity index (χ0n) is 37.5. The van der Waals surface area contributed by atoms with Gasteiger partial charge in [0.1, 0.15) is 36.5 Å². The normalized spacial score (nSPS) is 15.0. The van der Waals surface area contributed by atoms with E-state index in [2.05, 4.69) is 15.3 Å². The summed E-state index contributed by atoms with van der Waals surface area (Å²) in [6.07, 6.45) is -0.169. The van der Waals surface area contributed by atoms with Crippen LogP contribution in [-0.4, -0.2) is 128 Å². The summed E-state index contributed by atoms with van der Waals surface area (Å²) in [6, 6.07) is -2.25. The summed E-state index contributed by atoms with van der Waals surface area (Å²) in [4.78, 5) is 89.4. The third-order valence-corrected chi connectivity index (χ3v) is 10.5. The molecule has 17 N–H and O–H groups in total. The van der Waals surface area contributed by atoms with Crippen molar-refractivity contribution in [1.29, 1.82) is 0 Å². The fraction of sp³-hybridized carbons (Fsp3) is 0.667. The maximum Gasteiger partial charge on any atom is 0.342 e. The van der Waals surface area contributed by atoms with E-state index in [4.69, 9.17) is 64.8 Å². The van der Waals surface area contributed by atoms with Gasteiger partial charge in [0, 0.05) is 7.05 Å². The third kappa shape index (κ3) is 17.9. The van der Waals surface area contributed by atoms with Crippen LogP contribution in [-0.2, 0) is 44.7 Å². The monoisotopic (exact) mass is 905 g/mol. The lowest BCUT2D eigenvalue weighted by molar-refractivity contribution is -0.195. The molecule has 360 valence electrons. The average Bonchev–Trinajstić information content (AvgIpc) is 3.27. The highest BCUT2D eigenvalue weighted by atomic mass is 16.6. The molecule has 1 aromatic heterocycles. The Labute approximate surface area is 374 Å². The summed E-state index contributed by atoms with van der Waals surface area (Å²) in [5.74, 6) is -3.83. The number of amides is 2. The van der Waals surface area contributed by atoms with E-state index < -0.39 is 85.5 Å². The molecule has 0 aliphatic heterocycles. The van der Waals surface area contributed by atoms with Crippen molar-refractivity contribution in [2.75, 3.05) is 39.8 Å². The number of aryl methyl sites for hydroxylation is 2. The second-order valence-electron chi connectivity index (χ2n) is 15.7. The molecule has 0 aliphatic carbocycles. The molecule has 22 heteroatoms.